The number of sulfonamides is 1. The van der Waals surface area contributed by atoms with E-state index in [2.05, 4.69) is 4.72 Å². The third-order valence-electron chi connectivity index (χ3n) is 3.72. The molecule has 0 saturated carbocycles. The summed E-state index contributed by atoms with van der Waals surface area (Å²) < 4.78 is 46.2. The number of aromatic carboxylic acids is 1. The van der Waals surface area contributed by atoms with Gasteiger partial charge in [-0.15, -0.1) is 0 Å². The molecule has 0 radical (unpaired) electrons. The molecule has 0 amide bonds. The van der Waals surface area contributed by atoms with Gasteiger partial charge in [0.1, 0.15) is 10.7 Å². The number of benzene rings is 1. The van der Waals surface area contributed by atoms with E-state index in [-0.39, 0.29) is 11.7 Å². The third-order valence-corrected chi connectivity index (χ3v) is 5.37. The molecule has 1 aromatic carbocycles. The molecule has 8 heteroatoms. The van der Waals surface area contributed by atoms with Gasteiger partial charge in [0.25, 0.3) is 0 Å². The van der Waals surface area contributed by atoms with Crippen LogP contribution < -0.4 is 4.72 Å². The Kier molecular flexibility index (Phi) is 4.05. The van der Waals surface area contributed by atoms with Crippen molar-refractivity contribution >= 4 is 16.0 Å². The highest BCUT2D eigenvalue weighted by atomic mass is 32.2. The zero-order valence-electron chi connectivity index (χ0n) is 11.6. The smallest absolute Gasteiger partial charge is 0.335 e. The lowest BCUT2D eigenvalue weighted by Crippen LogP contribution is -2.50. The van der Waals surface area contributed by atoms with Crippen LogP contribution in [-0.4, -0.2) is 37.7 Å². The highest BCUT2D eigenvalue weighted by molar-refractivity contribution is 7.89. The van der Waals surface area contributed by atoms with Gasteiger partial charge < -0.3 is 9.84 Å². The lowest BCUT2D eigenvalue weighted by Gasteiger charge is -2.28. The Balaban J connectivity index is 2.34. The van der Waals surface area contributed by atoms with E-state index in [0.29, 0.717) is 19.1 Å². The Morgan fingerprint density at radius 3 is 2.67 bits per heavy atom. The fourth-order valence-corrected chi connectivity index (χ4v) is 3.74. The summed E-state index contributed by atoms with van der Waals surface area (Å²) in [6.45, 7) is 3.84. The summed E-state index contributed by atoms with van der Waals surface area (Å²) in [6, 6.07) is 2.69. The van der Waals surface area contributed by atoms with Crippen LogP contribution in [0.2, 0.25) is 0 Å². The SMILES string of the molecule is CC1OCCC1(C)NS(=O)(=O)c1ccc(C(=O)O)cc1F. The van der Waals surface area contributed by atoms with Crippen LogP contribution in [0.4, 0.5) is 4.39 Å². The standard InChI is InChI=1S/C13H16FNO5S/c1-8-13(2,5-6-20-8)15-21(18,19)11-4-3-9(12(16)17)7-10(11)14/h3-4,7-8,15H,5-6H2,1-2H3,(H,16,17). The second kappa shape index (κ2) is 5.36. The first-order valence-corrected chi connectivity index (χ1v) is 7.82. The maximum absolute atomic E-state index is 13.9. The molecule has 0 aromatic heterocycles. The number of carboxylic acids is 1. The van der Waals surface area contributed by atoms with E-state index >= 15 is 0 Å². The largest absolute Gasteiger partial charge is 0.478 e. The zero-order chi connectivity index (χ0) is 15.8. The van der Waals surface area contributed by atoms with E-state index < -0.39 is 32.2 Å². The zero-order valence-corrected chi connectivity index (χ0v) is 12.4. The molecular formula is C13H16FNO5S. The molecule has 2 atom stereocenters. The Morgan fingerprint density at radius 2 is 2.19 bits per heavy atom. The number of hydrogen-bond acceptors (Lipinski definition) is 4. The van der Waals surface area contributed by atoms with Crippen molar-refractivity contribution in [2.45, 2.75) is 36.8 Å². The number of ether oxygens (including phenoxy) is 1. The molecule has 116 valence electrons. The van der Waals surface area contributed by atoms with E-state index in [9.17, 15) is 17.6 Å². The molecule has 1 saturated heterocycles. The van der Waals surface area contributed by atoms with Gasteiger partial charge in [-0.05, 0) is 38.5 Å². The summed E-state index contributed by atoms with van der Waals surface area (Å²) in [5, 5.41) is 8.76. The topological polar surface area (TPSA) is 92.7 Å². The van der Waals surface area contributed by atoms with E-state index in [1.54, 1.807) is 13.8 Å². The van der Waals surface area contributed by atoms with Crippen molar-refractivity contribution in [3.05, 3.63) is 29.6 Å². The van der Waals surface area contributed by atoms with Crippen LogP contribution in [0, 0.1) is 5.82 Å². The van der Waals surface area contributed by atoms with Crippen LogP contribution in [0.1, 0.15) is 30.6 Å². The first-order valence-electron chi connectivity index (χ1n) is 6.34. The summed E-state index contributed by atoms with van der Waals surface area (Å²) in [5.41, 5.74) is -1.13. The van der Waals surface area contributed by atoms with Crippen LogP contribution in [0.15, 0.2) is 23.1 Å². The van der Waals surface area contributed by atoms with Gasteiger partial charge in [0.2, 0.25) is 10.0 Å². The number of carbonyl (C=O) groups is 1. The molecule has 2 rings (SSSR count). The highest BCUT2D eigenvalue weighted by Gasteiger charge is 2.41. The molecule has 1 aliphatic rings. The Morgan fingerprint density at radius 1 is 1.52 bits per heavy atom. The second-order valence-corrected chi connectivity index (χ2v) is 6.89. The number of rotatable bonds is 4. The average molecular weight is 317 g/mol. The average Bonchev–Trinajstić information content (AvgIpc) is 2.67. The lowest BCUT2D eigenvalue weighted by molar-refractivity contribution is 0.0696. The maximum Gasteiger partial charge on any atom is 0.335 e. The van der Waals surface area contributed by atoms with Crippen molar-refractivity contribution in [2.24, 2.45) is 0 Å². The Hall–Kier alpha value is -1.51. The molecule has 0 spiro atoms. The van der Waals surface area contributed by atoms with Crippen molar-refractivity contribution in [3.8, 4) is 0 Å². The van der Waals surface area contributed by atoms with Gasteiger partial charge in [0.05, 0.1) is 17.2 Å². The van der Waals surface area contributed by atoms with Crippen LogP contribution in [-0.2, 0) is 14.8 Å². The Labute approximate surface area is 122 Å². The number of nitrogens with one attached hydrogen (secondary N) is 1. The first-order chi connectivity index (χ1) is 9.66. The first kappa shape index (κ1) is 15.9. The van der Waals surface area contributed by atoms with Gasteiger partial charge in [-0.2, -0.15) is 0 Å². The molecular weight excluding hydrogens is 301 g/mol. The van der Waals surface area contributed by atoms with E-state index in [4.69, 9.17) is 9.84 Å². The molecule has 1 aliphatic heterocycles. The summed E-state index contributed by atoms with van der Waals surface area (Å²) in [5.74, 6) is -2.42. The molecule has 0 bridgehead atoms. The predicted molar refractivity (Wildman–Crippen MR) is 72.1 cm³/mol. The summed E-state index contributed by atoms with van der Waals surface area (Å²) >= 11 is 0. The highest BCUT2D eigenvalue weighted by Crippen LogP contribution is 2.28. The molecule has 1 aromatic rings. The van der Waals surface area contributed by atoms with Gasteiger partial charge in [0.15, 0.2) is 0 Å². The molecule has 6 nitrogen and oxygen atoms in total. The summed E-state index contributed by atoms with van der Waals surface area (Å²) in [6.07, 6.45) is 0.135. The minimum absolute atomic E-state index is 0.310. The number of carboxylic acid groups (broad SMARTS) is 1. The normalized spacial score (nSPS) is 26.0. The third kappa shape index (κ3) is 3.07. The van der Waals surface area contributed by atoms with Crippen molar-refractivity contribution in [2.75, 3.05) is 6.61 Å². The summed E-state index contributed by atoms with van der Waals surface area (Å²) in [7, 11) is -4.11. The van der Waals surface area contributed by atoms with Crippen LogP contribution in [0.25, 0.3) is 0 Å². The van der Waals surface area contributed by atoms with Crippen molar-refractivity contribution in [1.82, 2.24) is 4.72 Å². The minimum Gasteiger partial charge on any atom is -0.478 e. The summed E-state index contributed by atoms with van der Waals surface area (Å²) in [4.78, 5) is 10.2. The van der Waals surface area contributed by atoms with Crippen molar-refractivity contribution in [1.29, 1.82) is 0 Å². The molecule has 1 fully saturated rings. The van der Waals surface area contributed by atoms with Gasteiger partial charge in [0, 0.05) is 6.61 Å². The second-order valence-electron chi connectivity index (χ2n) is 5.24. The molecule has 0 aliphatic carbocycles. The number of halogens is 1. The fourth-order valence-electron chi connectivity index (χ4n) is 2.18. The van der Waals surface area contributed by atoms with E-state index in [0.717, 1.165) is 12.1 Å². The van der Waals surface area contributed by atoms with Crippen molar-refractivity contribution < 1.29 is 27.4 Å². The predicted octanol–water partition coefficient (Wildman–Crippen LogP) is 1.37. The van der Waals surface area contributed by atoms with Gasteiger partial charge >= 0.3 is 5.97 Å². The lowest BCUT2D eigenvalue weighted by atomic mass is 9.97. The fraction of sp³-hybridized carbons (Fsp3) is 0.462. The monoisotopic (exact) mass is 317 g/mol. The molecule has 21 heavy (non-hydrogen) atoms. The van der Waals surface area contributed by atoms with Crippen LogP contribution in [0.5, 0.6) is 0 Å². The van der Waals surface area contributed by atoms with E-state index in [1.165, 1.54) is 0 Å². The molecule has 2 unspecified atom stereocenters. The molecule has 1 heterocycles. The van der Waals surface area contributed by atoms with Crippen molar-refractivity contribution in [3.63, 3.8) is 0 Å². The molecule has 2 N–H and O–H groups in total. The minimum atomic E-state index is -4.11. The Bertz CT molecular complexity index is 675. The van der Waals surface area contributed by atoms with Gasteiger partial charge in [-0.25, -0.2) is 22.3 Å². The van der Waals surface area contributed by atoms with E-state index in [1.807, 2.05) is 0 Å². The maximum atomic E-state index is 13.9. The quantitative estimate of drug-likeness (QED) is 0.875. The number of hydrogen-bond donors (Lipinski definition) is 2. The van der Waals surface area contributed by atoms with Gasteiger partial charge in [-0.3, -0.25) is 0 Å². The van der Waals surface area contributed by atoms with Crippen LogP contribution in [0.3, 0.4) is 0 Å². The van der Waals surface area contributed by atoms with Crippen LogP contribution >= 0.6 is 0 Å². The van der Waals surface area contributed by atoms with Gasteiger partial charge in [-0.1, -0.05) is 0 Å².